The number of ether oxygens (including phenoxy) is 2. The summed E-state index contributed by atoms with van der Waals surface area (Å²) in [6.07, 6.45) is 2.04. The van der Waals surface area contributed by atoms with Crippen molar-refractivity contribution in [2.24, 2.45) is 5.92 Å². The van der Waals surface area contributed by atoms with E-state index in [1.165, 1.54) is 0 Å². The van der Waals surface area contributed by atoms with Crippen LogP contribution in [-0.2, 0) is 14.3 Å². The SMILES string of the molecule is CCO[C@H]1OC2(CCC(=O)CC2)[C@@H]1C#N. The second kappa shape index (κ2) is 3.92. The van der Waals surface area contributed by atoms with Gasteiger partial charge in [-0.2, -0.15) is 5.26 Å². The summed E-state index contributed by atoms with van der Waals surface area (Å²) in [5, 5.41) is 9.07. The number of ketones is 1. The van der Waals surface area contributed by atoms with Crippen LogP contribution in [0.15, 0.2) is 0 Å². The van der Waals surface area contributed by atoms with Gasteiger partial charge in [-0.1, -0.05) is 0 Å². The van der Waals surface area contributed by atoms with Crippen molar-refractivity contribution in [1.29, 1.82) is 5.26 Å². The van der Waals surface area contributed by atoms with Crippen molar-refractivity contribution in [3.05, 3.63) is 0 Å². The zero-order valence-electron chi connectivity index (χ0n) is 8.86. The van der Waals surface area contributed by atoms with Crippen LogP contribution in [0, 0.1) is 17.2 Å². The molecule has 15 heavy (non-hydrogen) atoms. The maximum atomic E-state index is 11.1. The lowest BCUT2D eigenvalue weighted by atomic mass is 9.71. The molecule has 1 spiro atoms. The molecule has 0 aromatic carbocycles. The van der Waals surface area contributed by atoms with Crippen molar-refractivity contribution in [1.82, 2.24) is 0 Å². The van der Waals surface area contributed by atoms with Gasteiger partial charge in [-0.15, -0.1) is 0 Å². The number of Topliss-reactive ketones (excluding diaryl/α,β-unsaturated/α-hetero) is 1. The van der Waals surface area contributed by atoms with Gasteiger partial charge in [0.25, 0.3) is 0 Å². The highest BCUT2D eigenvalue weighted by molar-refractivity contribution is 5.79. The fourth-order valence-electron chi connectivity index (χ4n) is 2.40. The van der Waals surface area contributed by atoms with Crippen LogP contribution in [0.4, 0.5) is 0 Å². The van der Waals surface area contributed by atoms with Crippen molar-refractivity contribution in [3.63, 3.8) is 0 Å². The van der Waals surface area contributed by atoms with Crippen LogP contribution in [0.25, 0.3) is 0 Å². The predicted molar refractivity (Wildman–Crippen MR) is 51.8 cm³/mol. The van der Waals surface area contributed by atoms with E-state index in [0.717, 1.165) is 0 Å². The molecular formula is C11H15NO3. The molecule has 2 rings (SSSR count). The molecule has 0 bridgehead atoms. The van der Waals surface area contributed by atoms with Gasteiger partial charge in [-0.3, -0.25) is 4.79 Å². The normalized spacial score (nSPS) is 33.5. The minimum absolute atomic E-state index is 0.203. The Hall–Kier alpha value is -0.920. The first-order chi connectivity index (χ1) is 7.22. The minimum atomic E-state index is -0.386. The summed E-state index contributed by atoms with van der Waals surface area (Å²) >= 11 is 0. The summed E-state index contributed by atoms with van der Waals surface area (Å²) in [6.45, 7) is 2.44. The summed E-state index contributed by atoms with van der Waals surface area (Å²) in [5.41, 5.74) is -0.386. The fraction of sp³-hybridized carbons (Fsp3) is 0.818. The second-order valence-corrected chi connectivity index (χ2v) is 4.15. The van der Waals surface area contributed by atoms with Crippen molar-refractivity contribution >= 4 is 5.78 Å². The largest absolute Gasteiger partial charge is 0.351 e. The molecule has 1 heterocycles. The van der Waals surface area contributed by atoms with Gasteiger partial charge < -0.3 is 9.47 Å². The third-order valence-corrected chi connectivity index (χ3v) is 3.31. The quantitative estimate of drug-likeness (QED) is 0.689. The predicted octanol–water partition coefficient (Wildman–Crippen LogP) is 1.40. The molecule has 1 saturated carbocycles. The fourth-order valence-corrected chi connectivity index (χ4v) is 2.40. The lowest BCUT2D eigenvalue weighted by molar-refractivity contribution is -0.342. The van der Waals surface area contributed by atoms with Crippen LogP contribution < -0.4 is 0 Å². The van der Waals surface area contributed by atoms with E-state index in [-0.39, 0.29) is 23.6 Å². The van der Waals surface area contributed by atoms with Gasteiger partial charge >= 0.3 is 0 Å². The number of hydrogen-bond acceptors (Lipinski definition) is 4. The van der Waals surface area contributed by atoms with E-state index in [1.807, 2.05) is 6.92 Å². The van der Waals surface area contributed by atoms with Gasteiger partial charge in [0, 0.05) is 19.4 Å². The third-order valence-electron chi connectivity index (χ3n) is 3.31. The molecule has 4 heteroatoms. The average Bonchev–Trinajstić information content (AvgIpc) is 2.21. The maximum Gasteiger partial charge on any atom is 0.176 e. The van der Waals surface area contributed by atoms with Crippen LogP contribution in [0.3, 0.4) is 0 Å². The van der Waals surface area contributed by atoms with Crippen LogP contribution >= 0.6 is 0 Å². The number of hydrogen-bond donors (Lipinski definition) is 0. The summed E-state index contributed by atoms with van der Waals surface area (Å²) in [6, 6.07) is 2.25. The zero-order chi connectivity index (χ0) is 10.9. The molecule has 0 N–H and O–H groups in total. The summed E-state index contributed by atoms with van der Waals surface area (Å²) < 4.78 is 11.0. The molecule has 0 aromatic rings. The Bertz CT molecular complexity index is 297. The monoisotopic (exact) mass is 209 g/mol. The summed E-state index contributed by atoms with van der Waals surface area (Å²) in [7, 11) is 0. The maximum absolute atomic E-state index is 11.1. The molecule has 2 aliphatic rings. The van der Waals surface area contributed by atoms with Crippen molar-refractivity contribution < 1.29 is 14.3 Å². The van der Waals surface area contributed by atoms with Gasteiger partial charge in [0.1, 0.15) is 11.7 Å². The van der Waals surface area contributed by atoms with E-state index in [2.05, 4.69) is 6.07 Å². The first-order valence-electron chi connectivity index (χ1n) is 5.42. The van der Waals surface area contributed by atoms with Gasteiger partial charge in [-0.05, 0) is 19.8 Å². The Labute approximate surface area is 89.2 Å². The molecule has 1 aliphatic carbocycles. The highest BCUT2D eigenvalue weighted by Crippen LogP contribution is 2.48. The van der Waals surface area contributed by atoms with Crippen LogP contribution in [0.1, 0.15) is 32.6 Å². The van der Waals surface area contributed by atoms with E-state index in [1.54, 1.807) is 0 Å². The molecule has 0 aromatic heterocycles. The Morgan fingerprint density at radius 2 is 2.27 bits per heavy atom. The van der Waals surface area contributed by atoms with Gasteiger partial charge in [-0.25, -0.2) is 0 Å². The number of nitrogens with zero attached hydrogens (tertiary/aromatic N) is 1. The van der Waals surface area contributed by atoms with Gasteiger partial charge in [0.15, 0.2) is 6.29 Å². The van der Waals surface area contributed by atoms with E-state index in [0.29, 0.717) is 32.3 Å². The highest BCUT2D eigenvalue weighted by Gasteiger charge is 2.57. The molecule has 0 radical (unpaired) electrons. The molecule has 4 nitrogen and oxygen atoms in total. The smallest absolute Gasteiger partial charge is 0.176 e. The molecule has 82 valence electrons. The molecule has 2 atom stereocenters. The molecule has 0 unspecified atom stereocenters. The average molecular weight is 209 g/mol. The Balaban J connectivity index is 2.00. The first kappa shape index (κ1) is 10.6. The molecule has 2 fully saturated rings. The highest BCUT2D eigenvalue weighted by atomic mass is 16.7. The Morgan fingerprint density at radius 3 is 2.80 bits per heavy atom. The van der Waals surface area contributed by atoms with E-state index >= 15 is 0 Å². The number of carbonyl (C=O) groups is 1. The zero-order valence-corrected chi connectivity index (χ0v) is 8.86. The Kier molecular flexibility index (Phi) is 2.76. The standard InChI is InChI=1S/C11H15NO3/c1-2-14-10-9(7-12)11(15-10)5-3-8(13)4-6-11/h9-10H,2-6H2,1H3/t9-,10+/m1/s1. The van der Waals surface area contributed by atoms with E-state index in [4.69, 9.17) is 14.7 Å². The second-order valence-electron chi connectivity index (χ2n) is 4.15. The van der Waals surface area contributed by atoms with Crippen LogP contribution in [-0.4, -0.2) is 24.3 Å². The summed E-state index contributed by atoms with van der Waals surface area (Å²) in [5.74, 6) is 0.0753. The topological polar surface area (TPSA) is 59.3 Å². The minimum Gasteiger partial charge on any atom is -0.351 e. The van der Waals surface area contributed by atoms with Crippen molar-refractivity contribution in [3.8, 4) is 6.07 Å². The number of nitriles is 1. The molecular weight excluding hydrogens is 194 g/mol. The van der Waals surface area contributed by atoms with Gasteiger partial charge in [0.05, 0.1) is 11.7 Å². The molecule has 1 saturated heterocycles. The van der Waals surface area contributed by atoms with Crippen molar-refractivity contribution in [2.75, 3.05) is 6.61 Å². The first-order valence-corrected chi connectivity index (χ1v) is 5.42. The molecule has 0 amide bonds. The lowest BCUT2D eigenvalue weighted by Crippen LogP contribution is -2.61. The van der Waals surface area contributed by atoms with E-state index < -0.39 is 0 Å². The number of rotatable bonds is 2. The Morgan fingerprint density at radius 1 is 1.60 bits per heavy atom. The van der Waals surface area contributed by atoms with Crippen LogP contribution in [0.5, 0.6) is 0 Å². The van der Waals surface area contributed by atoms with E-state index in [9.17, 15) is 4.79 Å². The van der Waals surface area contributed by atoms with Gasteiger partial charge in [0.2, 0.25) is 0 Å². The van der Waals surface area contributed by atoms with Crippen molar-refractivity contribution in [2.45, 2.75) is 44.5 Å². The third kappa shape index (κ3) is 1.66. The number of carbonyl (C=O) groups excluding carboxylic acids is 1. The molecule has 1 aliphatic heterocycles. The summed E-state index contributed by atoms with van der Waals surface area (Å²) in [4.78, 5) is 11.1. The van der Waals surface area contributed by atoms with Crippen LogP contribution in [0.2, 0.25) is 0 Å². The lowest BCUT2D eigenvalue weighted by Gasteiger charge is -2.52.